The molecule has 1 fully saturated rings. The van der Waals surface area contributed by atoms with Gasteiger partial charge in [-0.1, -0.05) is 36.4 Å². The van der Waals surface area contributed by atoms with Crippen LogP contribution in [0.3, 0.4) is 0 Å². The number of nitrogens with zero attached hydrogens (tertiary/aromatic N) is 2. The van der Waals surface area contributed by atoms with Crippen LogP contribution >= 0.6 is 0 Å². The standard InChI is InChI=1S/C20H26FN3O2S/c21-19-8-4-9-20(16-19)27(25,26)22-10-5-11-23-12-14-24(15-13-23)17-18-6-2-1-3-7-18/h1-4,6-9,16,22H,5,10-15,17H2. The van der Waals surface area contributed by atoms with Gasteiger partial charge in [-0.2, -0.15) is 0 Å². The van der Waals surface area contributed by atoms with Crippen molar-refractivity contribution in [2.24, 2.45) is 0 Å². The first kappa shape index (κ1) is 19.9. The van der Waals surface area contributed by atoms with E-state index in [1.54, 1.807) is 0 Å². The average molecular weight is 392 g/mol. The van der Waals surface area contributed by atoms with Gasteiger partial charge in [0, 0.05) is 39.3 Å². The average Bonchev–Trinajstić information content (AvgIpc) is 2.67. The summed E-state index contributed by atoms with van der Waals surface area (Å²) in [5, 5.41) is 0. The Bertz CT molecular complexity index is 822. The van der Waals surface area contributed by atoms with Crippen LogP contribution in [0.4, 0.5) is 4.39 Å². The van der Waals surface area contributed by atoms with Crippen LogP contribution in [0, 0.1) is 5.82 Å². The van der Waals surface area contributed by atoms with Crippen molar-refractivity contribution in [2.75, 3.05) is 39.3 Å². The molecule has 0 bridgehead atoms. The number of nitrogens with one attached hydrogen (secondary N) is 1. The minimum Gasteiger partial charge on any atom is -0.301 e. The van der Waals surface area contributed by atoms with Crippen LogP contribution in [0.15, 0.2) is 59.5 Å². The molecule has 2 aromatic rings. The third-order valence-electron chi connectivity index (χ3n) is 4.76. The van der Waals surface area contributed by atoms with Crippen LogP contribution in [-0.4, -0.2) is 57.5 Å². The van der Waals surface area contributed by atoms with E-state index >= 15 is 0 Å². The van der Waals surface area contributed by atoms with E-state index in [2.05, 4.69) is 38.8 Å². The van der Waals surface area contributed by atoms with E-state index < -0.39 is 15.8 Å². The second kappa shape index (κ2) is 9.41. The van der Waals surface area contributed by atoms with Crippen molar-refractivity contribution in [3.63, 3.8) is 0 Å². The highest BCUT2D eigenvalue weighted by molar-refractivity contribution is 7.89. The van der Waals surface area contributed by atoms with E-state index in [9.17, 15) is 12.8 Å². The maximum absolute atomic E-state index is 13.2. The molecule has 3 rings (SSSR count). The molecule has 0 unspecified atom stereocenters. The molecule has 0 amide bonds. The zero-order valence-corrected chi connectivity index (χ0v) is 16.2. The third kappa shape index (κ3) is 6.10. The Morgan fingerprint density at radius 3 is 2.33 bits per heavy atom. The Kier molecular flexibility index (Phi) is 6.95. The Balaban J connectivity index is 1.36. The molecule has 0 aliphatic carbocycles. The molecule has 0 spiro atoms. The van der Waals surface area contributed by atoms with Crippen LogP contribution in [0.1, 0.15) is 12.0 Å². The Hall–Kier alpha value is -1.80. The van der Waals surface area contributed by atoms with Crippen molar-refractivity contribution in [3.8, 4) is 0 Å². The van der Waals surface area contributed by atoms with Crippen LogP contribution < -0.4 is 4.72 Å². The first-order valence-corrected chi connectivity index (χ1v) is 10.8. The van der Waals surface area contributed by atoms with Crippen LogP contribution in [0.5, 0.6) is 0 Å². The topological polar surface area (TPSA) is 52.7 Å². The lowest BCUT2D eigenvalue weighted by Gasteiger charge is -2.34. The first-order valence-electron chi connectivity index (χ1n) is 9.27. The first-order chi connectivity index (χ1) is 13.0. The lowest BCUT2D eigenvalue weighted by molar-refractivity contribution is 0.126. The number of rotatable bonds is 8. The summed E-state index contributed by atoms with van der Waals surface area (Å²) in [6, 6.07) is 15.5. The van der Waals surface area contributed by atoms with E-state index in [-0.39, 0.29) is 4.90 Å². The van der Waals surface area contributed by atoms with Gasteiger partial charge in [0.15, 0.2) is 0 Å². The molecule has 1 saturated heterocycles. The third-order valence-corrected chi connectivity index (χ3v) is 6.22. The van der Waals surface area contributed by atoms with Gasteiger partial charge >= 0.3 is 0 Å². The van der Waals surface area contributed by atoms with Crippen molar-refractivity contribution in [1.82, 2.24) is 14.5 Å². The minimum atomic E-state index is -3.65. The summed E-state index contributed by atoms with van der Waals surface area (Å²) in [6.45, 7) is 6.19. The molecule has 1 N–H and O–H groups in total. The smallest absolute Gasteiger partial charge is 0.240 e. The summed E-state index contributed by atoms with van der Waals surface area (Å²) in [5.41, 5.74) is 1.33. The second-order valence-corrected chi connectivity index (χ2v) is 8.58. The van der Waals surface area contributed by atoms with Crippen molar-refractivity contribution in [3.05, 3.63) is 66.0 Å². The molecule has 27 heavy (non-hydrogen) atoms. The Morgan fingerprint density at radius 2 is 1.63 bits per heavy atom. The number of hydrogen-bond donors (Lipinski definition) is 1. The van der Waals surface area contributed by atoms with Gasteiger partial charge in [0.2, 0.25) is 10.0 Å². The van der Waals surface area contributed by atoms with Gasteiger partial charge in [-0.3, -0.25) is 4.90 Å². The molecule has 1 heterocycles. The SMILES string of the molecule is O=S(=O)(NCCCN1CCN(Cc2ccccc2)CC1)c1cccc(F)c1. The lowest BCUT2D eigenvalue weighted by Crippen LogP contribution is -2.46. The van der Waals surface area contributed by atoms with Gasteiger partial charge in [0.1, 0.15) is 5.82 Å². The van der Waals surface area contributed by atoms with E-state index in [1.165, 1.54) is 23.8 Å². The van der Waals surface area contributed by atoms with E-state index in [0.29, 0.717) is 6.54 Å². The Morgan fingerprint density at radius 1 is 0.926 bits per heavy atom. The summed E-state index contributed by atoms with van der Waals surface area (Å²) in [6.07, 6.45) is 0.729. The summed E-state index contributed by atoms with van der Waals surface area (Å²) < 4.78 is 40.1. The fourth-order valence-electron chi connectivity index (χ4n) is 3.24. The predicted molar refractivity (Wildman–Crippen MR) is 104 cm³/mol. The van der Waals surface area contributed by atoms with E-state index in [1.807, 2.05) is 6.07 Å². The highest BCUT2D eigenvalue weighted by Gasteiger charge is 2.17. The van der Waals surface area contributed by atoms with Crippen molar-refractivity contribution < 1.29 is 12.8 Å². The number of sulfonamides is 1. The zero-order chi connectivity index (χ0) is 19.1. The Labute approximate surface area is 160 Å². The molecule has 0 atom stereocenters. The minimum absolute atomic E-state index is 0.0305. The molecule has 1 aliphatic rings. The van der Waals surface area contributed by atoms with Crippen LogP contribution in [0.2, 0.25) is 0 Å². The van der Waals surface area contributed by atoms with E-state index in [0.717, 1.165) is 51.8 Å². The molecule has 0 saturated carbocycles. The van der Waals surface area contributed by atoms with Crippen molar-refractivity contribution in [2.45, 2.75) is 17.9 Å². The van der Waals surface area contributed by atoms with Crippen LogP contribution in [0.25, 0.3) is 0 Å². The molecule has 0 radical (unpaired) electrons. The monoisotopic (exact) mass is 391 g/mol. The van der Waals surface area contributed by atoms with Crippen molar-refractivity contribution >= 4 is 10.0 Å². The highest BCUT2D eigenvalue weighted by Crippen LogP contribution is 2.11. The fourth-order valence-corrected chi connectivity index (χ4v) is 4.34. The number of benzene rings is 2. The summed E-state index contributed by atoms with van der Waals surface area (Å²) >= 11 is 0. The van der Waals surface area contributed by atoms with Gasteiger partial charge < -0.3 is 4.90 Å². The molecule has 5 nitrogen and oxygen atoms in total. The van der Waals surface area contributed by atoms with Gasteiger partial charge in [0.05, 0.1) is 4.90 Å². The van der Waals surface area contributed by atoms with E-state index in [4.69, 9.17) is 0 Å². The summed E-state index contributed by atoms with van der Waals surface area (Å²) in [5.74, 6) is -0.550. The second-order valence-electron chi connectivity index (χ2n) is 6.81. The van der Waals surface area contributed by atoms with Gasteiger partial charge in [-0.25, -0.2) is 17.5 Å². The van der Waals surface area contributed by atoms with Gasteiger partial charge in [-0.15, -0.1) is 0 Å². The predicted octanol–water partition coefficient (Wildman–Crippen LogP) is 2.31. The number of halogens is 1. The number of piperazine rings is 1. The van der Waals surface area contributed by atoms with Crippen LogP contribution in [-0.2, 0) is 16.6 Å². The molecule has 0 aromatic heterocycles. The molecular formula is C20H26FN3O2S. The lowest BCUT2D eigenvalue weighted by atomic mass is 10.2. The quantitative estimate of drug-likeness (QED) is 0.702. The fraction of sp³-hybridized carbons (Fsp3) is 0.400. The largest absolute Gasteiger partial charge is 0.301 e. The molecule has 7 heteroatoms. The molecule has 2 aromatic carbocycles. The highest BCUT2D eigenvalue weighted by atomic mass is 32.2. The molecular weight excluding hydrogens is 365 g/mol. The normalized spacial score (nSPS) is 16.5. The van der Waals surface area contributed by atoms with Gasteiger partial charge in [0.25, 0.3) is 0 Å². The van der Waals surface area contributed by atoms with Gasteiger partial charge in [-0.05, 0) is 36.7 Å². The molecule has 146 valence electrons. The maximum Gasteiger partial charge on any atom is 0.240 e. The molecule has 1 aliphatic heterocycles. The summed E-state index contributed by atoms with van der Waals surface area (Å²) in [4.78, 5) is 4.77. The summed E-state index contributed by atoms with van der Waals surface area (Å²) in [7, 11) is -3.65. The number of hydrogen-bond acceptors (Lipinski definition) is 4. The zero-order valence-electron chi connectivity index (χ0n) is 15.4. The van der Waals surface area contributed by atoms with Crippen molar-refractivity contribution in [1.29, 1.82) is 0 Å². The maximum atomic E-state index is 13.2.